The lowest BCUT2D eigenvalue weighted by atomic mass is 9.94. The molecule has 8 heteroatoms. The molecule has 0 saturated carbocycles. The number of sulfonamides is 1. The summed E-state index contributed by atoms with van der Waals surface area (Å²) in [5.74, 6) is -0.0434. The average Bonchev–Trinajstić information content (AvgIpc) is 2.73. The smallest absolute Gasteiger partial charge is 0.243 e. The van der Waals surface area contributed by atoms with E-state index in [1.807, 2.05) is 17.0 Å². The monoisotopic (exact) mass is 496 g/mol. The standard InChI is InChI=1S/C21H22BrClN2O3S/c22-17-3-8-20-16(14-17)2-1-11-25(20)21(26)15-9-12-24(13-10-15)29(27,28)19-6-4-18(23)5-7-19/h3-8,14-15H,1-2,9-13H2. The van der Waals surface area contributed by atoms with Gasteiger partial charge >= 0.3 is 0 Å². The van der Waals surface area contributed by atoms with Gasteiger partial charge in [-0.25, -0.2) is 8.42 Å². The highest BCUT2D eigenvalue weighted by Crippen LogP contribution is 2.33. The molecule has 0 aliphatic carbocycles. The number of carbonyl (C=O) groups excluding carboxylic acids is 1. The van der Waals surface area contributed by atoms with E-state index in [0.29, 0.717) is 31.0 Å². The van der Waals surface area contributed by atoms with Gasteiger partial charge < -0.3 is 4.90 Å². The van der Waals surface area contributed by atoms with Crippen molar-refractivity contribution in [1.82, 2.24) is 4.31 Å². The van der Waals surface area contributed by atoms with Gasteiger partial charge in [0.2, 0.25) is 15.9 Å². The van der Waals surface area contributed by atoms with E-state index >= 15 is 0 Å². The highest BCUT2D eigenvalue weighted by atomic mass is 79.9. The Labute approximate surface area is 184 Å². The van der Waals surface area contributed by atoms with Crippen LogP contribution in [0.4, 0.5) is 5.69 Å². The topological polar surface area (TPSA) is 57.7 Å². The number of benzene rings is 2. The molecular weight excluding hydrogens is 476 g/mol. The van der Waals surface area contributed by atoms with Crippen LogP contribution in [0, 0.1) is 5.92 Å². The number of carbonyl (C=O) groups is 1. The van der Waals surface area contributed by atoms with Crippen LogP contribution >= 0.6 is 27.5 Å². The number of hydrogen-bond donors (Lipinski definition) is 0. The summed E-state index contributed by atoms with van der Waals surface area (Å²) in [5.41, 5.74) is 2.17. The van der Waals surface area contributed by atoms with Gasteiger partial charge in [-0.1, -0.05) is 27.5 Å². The Bertz CT molecular complexity index is 1020. The molecule has 0 radical (unpaired) electrons. The lowest BCUT2D eigenvalue weighted by molar-refractivity contribution is -0.123. The Morgan fingerprint density at radius 1 is 1.03 bits per heavy atom. The molecule has 1 fully saturated rings. The lowest BCUT2D eigenvalue weighted by Crippen LogP contribution is -2.45. The van der Waals surface area contributed by atoms with Gasteiger partial charge in [0, 0.05) is 40.7 Å². The van der Waals surface area contributed by atoms with Crippen molar-refractivity contribution in [2.45, 2.75) is 30.6 Å². The van der Waals surface area contributed by atoms with Crippen LogP contribution in [-0.2, 0) is 21.2 Å². The number of hydrogen-bond acceptors (Lipinski definition) is 3. The molecule has 0 atom stereocenters. The lowest BCUT2D eigenvalue weighted by Gasteiger charge is -2.36. The summed E-state index contributed by atoms with van der Waals surface area (Å²) in [6.07, 6.45) is 2.98. The zero-order valence-corrected chi connectivity index (χ0v) is 19.0. The number of amides is 1. The predicted octanol–water partition coefficient (Wildman–Crippen LogP) is 4.48. The first-order valence-corrected chi connectivity index (χ1v) is 12.3. The summed E-state index contributed by atoms with van der Waals surface area (Å²) >= 11 is 9.37. The Balaban J connectivity index is 1.45. The zero-order chi connectivity index (χ0) is 20.6. The minimum Gasteiger partial charge on any atom is -0.312 e. The van der Waals surface area contributed by atoms with Gasteiger partial charge in [-0.2, -0.15) is 4.31 Å². The second-order valence-electron chi connectivity index (χ2n) is 7.50. The number of halogens is 2. The van der Waals surface area contributed by atoms with Crippen LogP contribution in [0.2, 0.25) is 5.02 Å². The Hall–Kier alpha value is -1.41. The first kappa shape index (κ1) is 20.8. The molecule has 1 amide bonds. The molecule has 4 rings (SSSR count). The molecule has 0 spiro atoms. The molecule has 5 nitrogen and oxygen atoms in total. The summed E-state index contributed by atoms with van der Waals surface area (Å²) in [6, 6.07) is 12.3. The van der Waals surface area contributed by atoms with E-state index in [1.165, 1.54) is 22.0 Å². The second kappa shape index (κ2) is 8.38. The number of fused-ring (bicyclic) bond motifs is 1. The SMILES string of the molecule is O=C(C1CCN(S(=O)(=O)c2ccc(Cl)cc2)CC1)N1CCCc2cc(Br)ccc21. The summed E-state index contributed by atoms with van der Waals surface area (Å²) < 4.78 is 28.2. The fourth-order valence-electron chi connectivity index (χ4n) is 4.11. The number of rotatable bonds is 3. The van der Waals surface area contributed by atoms with Crippen LogP contribution in [0.5, 0.6) is 0 Å². The van der Waals surface area contributed by atoms with Crippen molar-refractivity contribution in [1.29, 1.82) is 0 Å². The van der Waals surface area contributed by atoms with Crippen LogP contribution in [-0.4, -0.2) is 38.3 Å². The molecule has 2 aliphatic rings. The van der Waals surface area contributed by atoms with Gasteiger partial charge in [0.25, 0.3) is 0 Å². The van der Waals surface area contributed by atoms with Crippen LogP contribution in [0.15, 0.2) is 51.8 Å². The summed E-state index contributed by atoms with van der Waals surface area (Å²) in [4.78, 5) is 15.3. The summed E-state index contributed by atoms with van der Waals surface area (Å²) in [5, 5.41) is 0.502. The van der Waals surface area contributed by atoms with Gasteiger partial charge in [-0.3, -0.25) is 4.79 Å². The van der Waals surface area contributed by atoms with Gasteiger partial charge in [0.15, 0.2) is 0 Å². The Morgan fingerprint density at radius 2 is 1.72 bits per heavy atom. The third-order valence-corrected chi connectivity index (χ3v) is 8.34. The Kier molecular flexibility index (Phi) is 6.02. The van der Waals surface area contributed by atoms with E-state index in [2.05, 4.69) is 22.0 Å². The Morgan fingerprint density at radius 3 is 2.41 bits per heavy atom. The van der Waals surface area contributed by atoms with Crippen LogP contribution in [0.1, 0.15) is 24.8 Å². The first-order chi connectivity index (χ1) is 13.9. The number of aryl methyl sites for hydroxylation is 1. The fourth-order valence-corrected chi connectivity index (χ4v) is 6.12. The van der Waals surface area contributed by atoms with Crippen LogP contribution in [0.25, 0.3) is 0 Å². The van der Waals surface area contributed by atoms with Crippen molar-refractivity contribution in [3.8, 4) is 0 Å². The van der Waals surface area contributed by atoms with E-state index < -0.39 is 10.0 Å². The van der Waals surface area contributed by atoms with Gasteiger partial charge in [0.05, 0.1) is 4.90 Å². The van der Waals surface area contributed by atoms with Gasteiger partial charge in [-0.05, 0) is 73.7 Å². The maximum atomic E-state index is 13.2. The van der Waals surface area contributed by atoms with Gasteiger partial charge in [0.1, 0.15) is 0 Å². The van der Waals surface area contributed by atoms with E-state index in [-0.39, 0.29) is 16.7 Å². The molecule has 1 saturated heterocycles. The highest BCUT2D eigenvalue weighted by Gasteiger charge is 2.35. The molecule has 2 heterocycles. The minimum absolute atomic E-state index is 0.108. The molecule has 0 N–H and O–H groups in total. The van der Waals surface area contributed by atoms with Crippen LogP contribution in [0.3, 0.4) is 0 Å². The molecular formula is C21H22BrClN2O3S. The fraction of sp³-hybridized carbons (Fsp3) is 0.381. The molecule has 29 heavy (non-hydrogen) atoms. The second-order valence-corrected chi connectivity index (χ2v) is 10.8. The van der Waals surface area contributed by atoms with E-state index in [4.69, 9.17) is 11.6 Å². The molecule has 2 aliphatic heterocycles. The van der Waals surface area contributed by atoms with Crippen LogP contribution < -0.4 is 4.90 Å². The van der Waals surface area contributed by atoms with Crippen molar-refractivity contribution < 1.29 is 13.2 Å². The predicted molar refractivity (Wildman–Crippen MR) is 118 cm³/mol. The minimum atomic E-state index is -3.56. The van der Waals surface area contributed by atoms with E-state index in [9.17, 15) is 13.2 Å². The zero-order valence-electron chi connectivity index (χ0n) is 15.9. The van der Waals surface area contributed by atoms with Crippen molar-refractivity contribution >= 4 is 49.1 Å². The van der Waals surface area contributed by atoms with Crippen molar-refractivity contribution in [2.24, 2.45) is 5.92 Å². The molecule has 0 aromatic heterocycles. The molecule has 0 unspecified atom stereocenters. The van der Waals surface area contributed by atoms with Crippen molar-refractivity contribution in [2.75, 3.05) is 24.5 Å². The molecule has 0 bridgehead atoms. The van der Waals surface area contributed by atoms with Crippen molar-refractivity contribution in [3.63, 3.8) is 0 Å². The third kappa shape index (κ3) is 4.24. The summed E-state index contributed by atoms with van der Waals surface area (Å²) in [7, 11) is -3.56. The van der Waals surface area contributed by atoms with E-state index in [0.717, 1.165) is 29.5 Å². The number of anilines is 1. The molecule has 2 aromatic rings. The first-order valence-electron chi connectivity index (χ1n) is 9.72. The number of nitrogens with zero attached hydrogens (tertiary/aromatic N) is 2. The highest BCUT2D eigenvalue weighted by molar-refractivity contribution is 9.10. The third-order valence-electron chi connectivity index (χ3n) is 5.68. The maximum Gasteiger partial charge on any atom is 0.243 e. The molecule has 2 aromatic carbocycles. The summed E-state index contributed by atoms with van der Waals surface area (Å²) in [6.45, 7) is 1.42. The van der Waals surface area contributed by atoms with E-state index in [1.54, 1.807) is 12.1 Å². The largest absolute Gasteiger partial charge is 0.312 e. The average molecular weight is 498 g/mol. The number of piperidine rings is 1. The maximum absolute atomic E-state index is 13.2. The van der Waals surface area contributed by atoms with Crippen molar-refractivity contribution in [3.05, 3.63) is 57.5 Å². The molecule has 154 valence electrons. The van der Waals surface area contributed by atoms with Gasteiger partial charge in [-0.15, -0.1) is 0 Å². The quantitative estimate of drug-likeness (QED) is 0.628. The normalized spacial score (nSPS) is 18.5.